The Labute approximate surface area is 93.0 Å². The quantitative estimate of drug-likeness (QED) is 0.684. The summed E-state index contributed by atoms with van der Waals surface area (Å²) in [5, 5.41) is 0. The molecule has 15 heavy (non-hydrogen) atoms. The maximum atomic E-state index is 12.3. The Hall–Kier alpha value is -0.530. The van der Waals surface area contributed by atoms with Gasteiger partial charge >= 0.3 is 0 Å². The Kier molecular flexibility index (Phi) is 3.03. The van der Waals surface area contributed by atoms with Crippen molar-refractivity contribution < 1.29 is 4.79 Å². The molecule has 2 aliphatic rings. The minimum atomic E-state index is 0.347. The molecule has 2 rings (SSSR count). The van der Waals surface area contributed by atoms with E-state index in [0.29, 0.717) is 29.6 Å². The van der Waals surface area contributed by atoms with E-state index < -0.39 is 0 Å². The Balaban J connectivity index is 2.14. The van der Waals surface area contributed by atoms with Gasteiger partial charge in [-0.25, -0.2) is 0 Å². The Morgan fingerprint density at radius 1 is 1.27 bits per heavy atom. The van der Waals surface area contributed by atoms with Gasteiger partial charge in [-0.2, -0.15) is 0 Å². The maximum Gasteiger partial charge on any atom is 0.226 e. The van der Waals surface area contributed by atoms with Crippen molar-refractivity contribution in [3.63, 3.8) is 0 Å². The van der Waals surface area contributed by atoms with Crippen LogP contribution in [0.2, 0.25) is 0 Å². The summed E-state index contributed by atoms with van der Waals surface area (Å²) in [6.07, 6.45) is 3.62. The summed E-state index contributed by atoms with van der Waals surface area (Å²) in [6.45, 7) is 8.69. The molecule has 2 nitrogen and oxygen atoms in total. The number of nitrogens with zero attached hydrogens (tertiary/aromatic N) is 1. The number of carbonyl (C=O) groups is 1. The Morgan fingerprint density at radius 3 is 2.67 bits per heavy atom. The summed E-state index contributed by atoms with van der Waals surface area (Å²) in [5.74, 6) is 2.81. The first-order chi connectivity index (χ1) is 7.15. The first-order valence-corrected chi connectivity index (χ1v) is 6.44. The number of hydrogen-bond donors (Lipinski definition) is 0. The molecular formula is C13H23NO. The zero-order valence-corrected chi connectivity index (χ0v) is 10.2. The van der Waals surface area contributed by atoms with Crippen LogP contribution in [-0.2, 0) is 4.79 Å². The smallest absolute Gasteiger partial charge is 0.226 e. The van der Waals surface area contributed by atoms with E-state index in [1.165, 1.54) is 12.8 Å². The molecule has 1 aliphatic heterocycles. The summed E-state index contributed by atoms with van der Waals surface area (Å²) in [4.78, 5) is 14.4. The van der Waals surface area contributed by atoms with Crippen LogP contribution in [0.3, 0.4) is 0 Å². The zero-order valence-electron chi connectivity index (χ0n) is 10.2. The van der Waals surface area contributed by atoms with Crippen molar-refractivity contribution in [1.29, 1.82) is 0 Å². The number of piperidine rings is 1. The molecule has 4 unspecified atom stereocenters. The van der Waals surface area contributed by atoms with Crippen LogP contribution in [0, 0.1) is 23.7 Å². The van der Waals surface area contributed by atoms with E-state index in [-0.39, 0.29) is 0 Å². The van der Waals surface area contributed by atoms with Gasteiger partial charge in [-0.3, -0.25) is 4.79 Å². The highest BCUT2D eigenvalue weighted by Gasteiger charge is 2.46. The van der Waals surface area contributed by atoms with Gasteiger partial charge in [0.2, 0.25) is 5.91 Å². The van der Waals surface area contributed by atoms with Crippen LogP contribution in [0.15, 0.2) is 0 Å². The van der Waals surface area contributed by atoms with E-state index in [1.807, 2.05) is 0 Å². The third-order valence-corrected chi connectivity index (χ3v) is 4.36. The van der Waals surface area contributed by atoms with Crippen molar-refractivity contribution in [3.05, 3.63) is 0 Å². The highest BCUT2D eigenvalue weighted by Crippen LogP contribution is 2.44. The van der Waals surface area contributed by atoms with Gasteiger partial charge < -0.3 is 4.90 Å². The third kappa shape index (κ3) is 1.79. The molecular weight excluding hydrogens is 186 g/mol. The number of amides is 1. The minimum Gasteiger partial charge on any atom is -0.342 e. The lowest BCUT2D eigenvalue weighted by atomic mass is 9.78. The van der Waals surface area contributed by atoms with E-state index in [2.05, 4.69) is 25.7 Å². The summed E-state index contributed by atoms with van der Waals surface area (Å²) in [5.41, 5.74) is 0. The molecule has 0 aromatic carbocycles. The van der Waals surface area contributed by atoms with Crippen LogP contribution in [0.5, 0.6) is 0 Å². The number of rotatable bonds is 2. The molecule has 2 heteroatoms. The SMILES string of the molecule is CCCN1CC(C)C2CCC(C)C2C1=O. The molecule has 1 amide bonds. The fraction of sp³-hybridized carbons (Fsp3) is 0.923. The molecule has 0 spiro atoms. The second kappa shape index (κ2) is 4.15. The van der Waals surface area contributed by atoms with Gasteiger partial charge in [-0.15, -0.1) is 0 Å². The Morgan fingerprint density at radius 2 is 2.00 bits per heavy atom. The van der Waals surface area contributed by atoms with Crippen LogP contribution >= 0.6 is 0 Å². The van der Waals surface area contributed by atoms with Crippen molar-refractivity contribution in [3.8, 4) is 0 Å². The average molecular weight is 209 g/mol. The summed E-state index contributed by atoms with van der Waals surface area (Å²) < 4.78 is 0. The molecule has 1 saturated carbocycles. The number of carbonyl (C=O) groups excluding carboxylic acids is 1. The summed E-state index contributed by atoms with van der Waals surface area (Å²) in [7, 11) is 0. The zero-order chi connectivity index (χ0) is 11.0. The fourth-order valence-corrected chi connectivity index (χ4v) is 3.56. The molecule has 0 N–H and O–H groups in total. The molecule has 86 valence electrons. The van der Waals surface area contributed by atoms with Gasteiger partial charge in [0.25, 0.3) is 0 Å². The van der Waals surface area contributed by atoms with Crippen molar-refractivity contribution in [2.24, 2.45) is 23.7 Å². The van der Waals surface area contributed by atoms with Crippen LogP contribution in [0.1, 0.15) is 40.0 Å². The predicted molar refractivity (Wildman–Crippen MR) is 61.4 cm³/mol. The Bertz CT molecular complexity index is 251. The van der Waals surface area contributed by atoms with E-state index in [4.69, 9.17) is 0 Å². The van der Waals surface area contributed by atoms with E-state index in [1.54, 1.807) is 0 Å². The minimum absolute atomic E-state index is 0.347. The molecule has 0 bridgehead atoms. The van der Waals surface area contributed by atoms with Crippen LogP contribution < -0.4 is 0 Å². The van der Waals surface area contributed by atoms with Gasteiger partial charge in [0.15, 0.2) is 0 Å². The highest BCUT2D eigenvalue weighted by atomic mass is 16.2. The predicted octanol–water partition coefficient (Wildman–Crippen LogP) is 2.54. The lowest BCUT2D eigenvalue weighted by molar-refractivity contribution is -0.144. The largest absolute Gasteiger partial charge is 0.342 e. The monoisotopic (exact) mass is 209 g/mol. The summed E-state index contributed by atoms with van der Waals surface area (Å²) in [6, 6.07) is 0. The lowest BCUT2D eigenvalue weighted by Crippen LogP contribution is -2.49. The first-order valence-electron chi connectivity index (χ1n) is 6.44. The van der Waals surface area contributed by atoms with Crippen LogP contribution in [0.25, 0.3) is 0 Å². The average Bonchev–Trinajstić information content (AvgIpc) is 2.57. The molecule has 2 fully saturated rings. The van der Waals surface area contributed by atoms with Crippen molar-refractivity contribution in [2.45, 2.75) is 40.0 Å². The van der Waals surface area contributed by atoms with Gasteiger partial charge in [0.05, 0.1) is 0 Å². The van der Waals surface area contributed by atoms with Gasteiger partial charge in [-0.05, 0) is 37.0 Å². The fourth-order valence-electron chi connectivity index (χ4n) is 3.56. The van der Waals surface area contributed by atoms with Gasteiger partial charge in [0.1, 0.15) is 0 Å². The highest BCUT2D eigenvalue weighted by molar-refractivity contribution is 5.80. The van der Waals surface area contributed by atoms with Crippen LogP contribution in [0.4, 0.5) is 0 Å². The van der Waals surface area contributed by atoms with Crippen molar-refractivity contribution >= 4 is 5.91 Å². The standard InChI is InChI=1S/C13H23NO/c1-4-7-14-8-10(3)11-6-5-9(2)12(11)13(14)15/h9-12H,4-8H2,1-3H3. The molecule has 4 atom stereocenters. The van der Waals surface area contributed by atoms with Gasteiger partial charge in [0, 0.05) is 19.0 Å². The van der Waals surface area contributed by atoms with Crippen molar-refractivity contribution in [2.75, 3.05) is 13.1 Å². The molecule has 1 heterocycles. The maximum absolute atomic E-state index is 12.3. The normalized spacial score (nSPS) is 40.7. The van der Waals surface area contributed by atoms with E-state index >= 15 is 0 Å². The van der Waals surface area contributed by atoms with Crippen LogP contribution in [-0.4, -0.2) is 23.9 Å². The topological polar surface area (TPSA) is 20.3 Å². The summed E-state index contributed by atoms with van der Waals surface area (Å²) >= 11 is 0. The molecule has 0 radical (unpaired) electrons. The molecule has 1 aliphatic carbocycles. The van der Waals surface area contributed by atoms with E-state index in [0.717, 1.165) is 19.5 Å². The van der Waals surface area contributed by atoms with Gasteiger partial charge in [-0.1, -0.05) is 20.8 Å². The lowest BCUT2D eigenvalue weighted by Gasteiger charge is -2.40. The number of hydrogen-bond acceptors (Lipinski definition) is 1. The second-order valence-corrected chi connectivity index (χ2v) is 5.51. The second-order valence-electron chi connectivity index (χ2n) is 5.51. The van der Waals surface area contributed by atoms with Crippen molar-refractivity contribution in [1.82, 2.24) is 4.90 Å². The molecule has 0 aromatic rings. The first kappa shape index (κ1) is 11.0. The number of likely N-dealkylation sites (tertiary alicyclic amines) is 1. The molecule has 0 aromatic heterocycles. The molecule has 1 saturated heterocycles. The van der Waals surface area contributed by atoms with E-state index in [9.17, 15) is 4.79 Å². The number of fused-ring (bicyclic) bond motifs is 1. The third-order valence-electron chi connectivity index (χ3n) is 4.36.